The molecule has 0 saturated carbocycles. The summed E-state index contributed by atoms with van der Waals surface area (Å²) in [6.45, 7) is 6.30. The van der Waals surface area contributed by atoms with Crippen LogP contribution in [0.15, 0.2) is 0 Å². The zero-order valence-electron chi connectivity index (χ0n) is 11.0. The van der Waals surface area contributed by atoms with E-state index >= 15 is 0 Å². The third kappa shape index (κ3) is 3.68. The Hall–Kier alpha value is -0.610. The van der Waals surface area contributed by atoms with Gasteiger partial charge in [0, 0.05) is 26.7 Å². The molecule has 2 aliphatic rings. The fourth-order valence-corrected chi connectivity index (χ4v) is 2.78. The van der Waals surface area contributed by atoms with E-state index in [1.54, 1.807) is 0 Å². The Morgan fingerprint density at radius 3 is 2.76 bits per heavy atom. The summed E-state index contributed by atoms with van der Waals surface area (Å²) in [5.74, 6) is 0.545. The first kappa shape index (κ1) is 12.8. The number of amides is 1. The molecule has 1 atom stereocenters. The molecule has 0 aliphatic carbocycles. The second kappa shape index (κ2) is 6.36. The number of nitrogens with zero attached hydrogens (tertiary/aromatic N) is 2. The zero-order chi connectivity index (χ0) is 12.1. The summed E-state index contributed by atoms with van der Waals surface area (Å²) in [6, 6.07) is 0. The van der Waals surface area contributed by atoms with E-state index in [2.05, 4.69) is 10.2 Å². The van der Waals surface area contributed by atoms with E-state index in [9.17, 15) is 4.79 Å². The largest absolute Gasteiger partial charge is 0.344 e. The minimum Gasteiger partial charge on any atom is -0.344 e. The molecule has 2 heterocycles. The average molecular weight is 239 g/mol. The minimum absolute atomic E-state index is 0.215. The predicted octanol–water partition coefficient (Wildman–Crippen LogP) is 0.540. The molecule has 2 aliphatic heterocycles. The lowest BCUT2D eigenvalue weighted by Crippen LogP contribution is -2.43. The molecule has 0 aromatic heterocycles. The van der Waals surface area contributed by atoms with Crippen LogP contribution in [-0.2, 0) is 4.79 Å². The van der Waals surface area contributed by atoms with Gasteiger partial charge in [-0.15, -0.1) is 0 Å². The van der Waals surface area contributed by atoms with E-state index in [-0.39, 0.29) is 5.92 Å². The number of nitrogens with one attached hydrogen (secondary N) is 1. The molecule has 2 rings (SSSR count). The van der Waals surface area contributed by atoms with Crippen LogP contribution in [0.4, 0.5) is 0 Å². The summed E-state index contributed by atoms with van der Waals surface area (Å²) in [5.41, 5.74) is 0. The summed E-state index contributed by atoms with van der Waals surface area (Å²) in [5, 5.41) is 3.31. The highest BCUT2D eigenvalue weighted by Gasteiger charge is 2.24. The Labute approximate surface area is 104 Å². The maximum absolute atomic E-state index is 12.2. The van der Waals surface area contributed by atoms with Gasteiger partial charge in [-0.3, -0.25) is 4.79 Å². The summed E-state index contributed by atoms with van der Waals surface area (Å²) < 4.78 is 0. The molecular weight excluding hydrogens is 214 g/mol. The maximum atomic E-state index is 12.2. The molecule has 2 fully saturated rings. The number of hydrogen-bond acceptors (Lipinski definition) is 3. The van der Waals surface area contributed by atoms with Gasteiger partial charge >= 0.3 is 0 Å². The van der Waals surface area contributed by atoms with Crippen molar-refractivity contribution < 1.29 is 4.79 Å². The molecule has 0 aromatic rings. The van der Waals surface area contributed by atoms with E-state index in [0.717, 1.165) is 39.0 Å². The van der Waals surface area contributed by atoms with Crippen molar-refractivity contribution in [1.29, 1.82) is 0 Å². The smallest absolute Gasteiger partial charge is 0.226 e. The highest BCUT2D eigenvalue weighted by atomic mass is 16.2. The van der Waals surface area contributed by atoms with Crippen LogP contribution in [0, 0.1) is 5.92 Å². The van der Waals surface area contributed by atoms with Crippen LogP contribution in [0.1, 0.15) is 25.7 Å². The number of rotatable bonds is 4. The molecule has 0 radical (unpaired) electrons. The van der Waals surface area contributed by atoms with Gasteiger partial charge < -0.3 is 15.1 Å². The number of likely N-dealkylation sites (tertiary alicyclic amines) is 1. The van der Waals surface area contributed by atoms with Crippen LogP contribution in [0.3, 0.4) is 0 Å². The van der Waals surface area contributed by atoms with Crippen molar-refractivity contribution in [2.75, 3.05) is 46.3 Å². The maximum Gasteiger partial charge on any atom is 0.226 e. The van der Waals surface area contributed by atoms with Gasteiger partial charge in [-0.1, -0.05) is 0 Å². The highest BCUT2D eigenvalue weighted by Crippen LogP contribution is 2.13. The molecule has 0 bridgehead atoms. The third-order valence-electron chi connectivity index (χ3n) is 3.97. The van der Waals surface area contributed by atoms with Gasteiger partial charge in [-0.05, 0) is 45.3 Å². The van der Waals surface area contributed by atoms with E-state index in [1.165, 1.54) is 25.9 Å². The van der Waals surface area contributed by atoms with Crippen LogP contribution in [0.5, 0.6) is 0 Å². The Bertz CT molecular complexity index is 245. The molecule has 17 heavy (non-hydrogen) atoms. The van der Waals surface area contributed by atoms with Crippen molar-refractivity contribution in [3.05, 3.63) is 0 Å². The van der Waals surface area contributed by atoms with Crippen molar-refractivity contribution >= 4 is 5.91 Å². The predicted molar refractivity (Wildman–Crippen MR) is 68.9 cm³/mol. The van der Waals surface area contributed by atoms with Crippen molar-refractivity contribution in [2.45, 2.75) is 25.7 Å². The first-order valence-electron chi connectivity index (χ1n) is 6.95. The molecule has 2 saturated heterocycles. The Morgan fingerprint density at radius 1 is 1.35 bits per heavy atom. The molecule has 1 N–H and O–H groups in total. The lowest BCUT2D eigenvalue weighted by atomic mass is 9.98. The summed E-state index contributed by atoms with van der Waals surface area (Å²) in [7, 11) is 1.95. The Morgan fingerprint density at radius 2 is 2.12 bits per heavy atom. The lowest BCUT2D eigenvalue weighted by Gasteiger charge is -2.28. The Kier molecular flexibility index (Phi) is 4.80. The van der Waals surface area contributed by atoms with Gasteiger partial charge in [0.25, 0.3) is 0 Å². The van der Waals surface area contributed by atoms with E-state index < -0.39 is 0 Å². The van der Waals surface area contributed by atoms with Crippen molar-refractivity contribution in [2.24, 2.45) is 5.92 Å². The standard InChI is InChI=1S/C13H25N3O/c1-15(9-10-16-7-2-3-8-16)13(17)12-5-4-6-14-11-12/h12,14H,2-11H2,1H3/t12-/m0/s1. The van der Waals surface area contributed by atoms with Crippen LogP contribution in [-0.4, -0.2) is 62.0 Å². The van der Waals surface area contributed by atoms with E-state index in [0.29, 0.717) is 5.91 Å². The molecule has 4 heteroatoms. The fourth-order valence-electron chi connectivity index (χ4n) is 2.78. The number of carbonyl (C=O) groups excluding carboxylic acids is 1. The normalized spacial score (nSPS) is 26.1. The Balaban J connectivity index is 1.70. The summed E-state index contributed by atoms with van der Waals surface area (Å²) in [4.78, 5) is 16.6. The average Bonchev–Trinajstić information content (AvgIpc) is 2.89. The van der Waals surface area contributed by atoms with Gasteiger partial charge in [0.15, 0.2) is 0 Å². The first-order chi connectivity index (χ1) is 8.27. The summed E-state index contributed by atoms with van der Waals surface area (Å²) >= 11 is 0. The number of carbonyl (C=O) groups is 1. The second-order valence-corrected chi connectivity index (χ2v) is 5.35. The van der Waals surface area contributed by atoms with Gasteiger partial charge in [-0.25, -0.2) is 0 Å². The van der Waals surface area contributed by atoms with Crippen molar-refractivity contribution in [1.82, 2.24) is 15.1 Å². The molecule has 4 nitrogen and oxygen atoms in total. The van der Waals surface area contributed by atoms with Crippen LogP contribution in [0.25, 0.3) is 0 Å². The number of piperidine rings is 1. The van der Waals surface area contributed by atoms with Gasteiger partial charge in [-0.2, -0.15) is 0 Å². The third-order valence-corrected chi connectivity index (χ3v) is 3.97. The first-order valence-corrected chi connectivity index (χ1v) is 6.95. The van der Waals surface area contributed by atoms with Crippen molar-refractivity contribution in [3.8, 4) is 0 Å². The van der Waals surface area contributed by atoms with Gasteiger partial charge in [0.1, 0.15) is 0 Å². The van der Waals surface area contributed by atoms with Crippen LogP contribution >= 0.6 is 0 Å². The fraction of sp³-hybridized carbons (Fsp3) is 0.923. The van der Waals surface area contributed by atoms with Crippen LogP contribution < -0.4 is 5.32 Å². The SMILES string of the molecule is CN(CCN1CCCC1)C(=O)[C@H]1CCCNC1. The highest BCUT2D eigenvalue weighted by molar-refractivity contribution is 5.78. The number of likely N-dealkylation sites (N-methyl/N-ethyl adjacent to an activating group) is 1. The molecule has 0 spiro atoms. The van der Waals surface area contributed by atoms with Gasteiger partial charge in [0.05, 0.1) is 5.92 Å². The molecule has 0 unspecified atom stereocenters. The molecule has 0 aromatic carbocycles. The summed E-state index contributed by atoms with van der Waals surface area (Å²) in [6.07, 6.45) is 4.84. The quantitative estimate of drug-likeness (QED) is 0.778. The molecule has 98 valence electrons. The topological polar surface area (TPSA) is 35.6 Å². The number of hydrogen-bond donors (Lipinski definition) is 1. The minimum atomic E-state index is 0.215. The molecule has 1 amide bonds. The zero-order valence-corrected chi connectivity index (χ0v) is 11.0. The second-order valence-electron chi connectivity index (χ2n) is 5.35. The van der Waals surface area contributed by atoms with E-state index in [1.807, 2.05) is 11.9 Å². The van der Waals surface area contributed by atoms with Gasteiger partial charge in [0.2, 0.25) is 5.91 Å². The molecular formula is C13H25N3O. The van der Waals surface area contributed by atoms with Crippen molar-refractivity contribution in [3.63, 3.8) is 0 Å². The van der Waals surface area contributed by atoms with Crippen LogP contribution in [0.2, 0.25) is 0 Å². The lowest BCUT2D eigenvalue weighted by molar-refractivity contribution is -0.134. The van der Waals surface area contributed by atoms with E-state index in [4.69, 9.17) is 0 Å². The monoisotopic (exact) mass is 239 g/mol.